The van der Waals surface area contributed by atoms with E-state index in [1.807, 2.05) is 18.3 Å². The van der Waals surface area contributed by atoms with Crippen molar-refractivity contribution in [2.75, 3.05) is 33.4 Å². The van der Waals surface area contributed by atoms with Crippen molar-refractivity contribution < 1.29 is 14.1 Å². The number of methoxy groups -OCH3 is 1. The van der Waals surface area contributed by atoms with Gasteiger partial charge in [0.25, 0.3) is 5.91 Å². The minimum Gasteiger partial charge on any atom is -0.383 e. The fraction of sp³-hybridized carbons (Fsp3) is 0.409. The molecule has 1 amide bonds. The monoisotopic (exact) mass is 394 g/mol. The maximum absolute atomic E-state index is 12.1. The van der Waals surface area contributed by atoms with Crippen LogP contribution < -0.4 is 5.32 Å². The molecule has 4 rings (SSSR count). The van der Waals surface area contributed by atoms with Crippen LogP contribution in [0.25, 0.3) is 10.9 Å². The predicted molar refractivity (Wildman–Crippen MR) is 110 cm³/mol. The van der Waals surface area contributed by atoms with E-state index in [-0.39, 0.29) is 17.6 Å². The van der Waals surface area contributed by atoms with E-state index in [1.165, 1.54) is 10.9 Å². The number of hydrogen-bond acceptors (Lipinski definition) is 6. The van der Waals surface area contributed by atoms with Crippen molar-refractivity contribution in [2.24, 2.45) is 0 Å². The number of benzene rings is 1. The first-order valence-corrected chi connectivity index (χ1v) is 10.0. The van der Waals surface area contributed by atoms with Crippen molar-refractivity contribution in [3.63, 3.8) is 0 Å². The van der Waals surface area contributed by atoms with E-state index < -0.39 is 0 Å². The van der Waals surface area contributed by atoms with E-state index in [0.717, 1.165) is 43.7 Å². The van der Waals surface area contributed by atoms with Gasteiger partial charge < -0.3 is 14.6 Å². The third-order valence-corrected chi connectivity index (χ3v) is 5.40. The standard InChI is InChI=1S/C22H26N4O3/c1-28-12-10-24-22(27)21-13-20(25-29-21)17-5-4-11-26(15-17)14-16-8-9-23-19-7-3-2-6-18(16)19/h2-3,6-9,13,17H,4-5,10-12,14-15H2,1H3,(H,24,27)/t17-/m1/s1. The summed E-state index contributed by atoms with van der Waals surface area (Å²) in [6, 6.07) is 12.1. The third kappa shape index (κ3) is 4.63. The van der Waals surface area contributed by atoms with Gasteiger partial charge in [0.15, 0.2) is 0 Å². The number of amides is 1. The number of aromatic nitrogens is 2. The van der Waals surface area contributed by atoms with Crippen LogP contribution in [-0.4, -0.2) is 54.3 Å². The molecule has 7 heteroatoms. The molecule has 1 saturated heterocycles. The van der Waals surface area contributed by atoms with Crippen LogP contribution in [0.4, 0.5) is 0 Å². The number of hydrogen-bond donors (Lipinski definition) is 1. The lowest BCUT2D eigenvalue weighted by Gasteiger charge is -2.32. The van der Waals surface area contributed by atoms with Crippen LogP contribution in [0.3, 0.4) is 0 Å². The third-order valence-electron chi connectivity index (χ3n) is 5.40. The summed E-state index contributed by atoms with van der Waals surface area (Å²) >= 11 is 0. The quantitative estimate of drug-likeness (QED) is 0.621. The van der Waals surface area contributed by atoms with E-state index in [2.05, 4.69) is 38.6 Å². The number of nitrogens with zero attached hydrogens (tertiary/aromatic N) is 3. The van der Waals surface area contributed by atoms with Gasteiger partial charge in [-0.05, 0) is 37.1 Å². The molecule has 0 radical (unpaired) electrons. The Morgan fingerprint density at radius 1 is 1.34 bits per heavy atom. The zero-order valence-electron chi connectivity index (χ0n) is 16.6. The molecule has 29 heavy (non-hydrogen) atoms. The second-order valence-electron chi connectivity index (χ2n) is 7.43. The molecule has 1 aliphatic rings. The lowest BCUT2D eigenvalue weighted by atomic mass is 9.94. The van der Waals surface area contributed by atoms with Gasteiger partial charge in [-0.3, -0.25) is 14.7 Å². The number of rotatable bonds is 7. The van der Waals surface area contributed by atoms with Crippen LogP contribution in [0.1, 0.15) is 40.6 Å². The molecule has 0 bridgehead atoms. The summed E-state index contributed by atoms with van der Waals surface area (Å²) in [5, 5.41) is 8.14. The molecule has 0 aliphatic carbocycles. The van der Waals surface area contributed by atoms with Crippen molar-refractivity contribution in [1.82, 2.24) is 20.4 Å². The van der Waals surface area contributed by atoms with Crippen LogP contribution in [0.15, 0.2) is 47.1 Å². The average Bonchev–Trinajstić information content (AvgIpc) is 3.25. The summed E-state index contributed by atoms with van der Waals surface area (Å²) in [7, 11) is 1.60. The number of carbonyl (C=O) groups excluding carboxylic acids is 1. The first kappa shape index (κ1) is 19.5. The van der Waals surface area contributed by atoms with Gasteiger partial charge in [-0.25, -0.2) is 0 Å². The summed E-state index contributed by atoms with van der Waals surface area (Å²) < 4.78 is 10.2. The molecule has 0 unspecified atom stereocenters. The fourth-order valence-corrected chi connectivity index (χ4v) is 3.92. The van der Waals surface area contributed by atoms with Gasteiger partial charge in [0.05, 0.1) is 17.8 Å². The number of ether oxygens (including phenoxy) is 1. The Labute approximate surface area is 170 Å². The van der Waals surface area contributed by atoms with Crippen molar-refractivity contribution in [3.8, 4) is 0 Å². The highest BCUT2D eigenvalue weighted by Gasteiger charge is 2.25. The van der Waals surface area contributed by atoms with Crippen molar-refractivity contribution in [1.29, 1.82) is 0 Å². The Morgan fingerprint density at radius 2 is 2.24 bits per heavy atom. The summed E-state index contributed by atoms with van der Waals surface area (Å²) in [5.41, 5.74) is 3.17. The van der Waals surface area contributed by atoms with Crippen LogP contribution in [0, 0.1) is 0 Å². The minimum absolute atomic E-state index is 0.253. The number of nitrogens with one attached hydrogen (secondary N) is 1. The number of fused-ring (bicyclic) bond motifs is 1. The van der Waals surface area contributed by atoms with Crippen LogP contribution in [-0.2, 0) is 11.3 Å². The molecule has 1 aromatic carbocycles. The summed E-state index contributed by atoms with van der Waals surface area (Å²) in [6.07, 6.45) is 4.02. The molecule has 152 valence electrons. The summed E-state index contributed by atoms with van der Waals surface area (Å²) in [4.78, 5) is 19.0. The van der Waals surface area contributed by atoms with Gasteiger partial charge in [0, 0.05) is 50.3 Å². The molecule has 1 aliphatic heterocycles. The van der Waals surface area contributed by atoms with E-state index in [1.54, 1.807) is 13.2 Å². The van der Waals surface area contributed by atoms with Crippen molar-refractivity contribution >= 4 is 16.8 Å². The van der Waals surface area contributed by atoms with Gasteiger partial charge in [-0.15, -0.1) is 0 Å². The number of para-hydroxylation sites is 1. The Balaban J connectivity index is 1.41. The molecule has 3 aromatic rings. The fourth-order valence-electron chi connectivity index (χ4n) is 3.92. The predicted octanol–water partition coefficient (Wildman–Crippen LogP) is 2.98. The highest BCUT2D eigenvalue weighted by Crippen LogP contribution is 2.28. The van der Waals surface area contributed by atoms with Gasteiger partial charge >= 0.3 is 0 Å². The smallest absolute Gasteiger partial charge is 0.289 e. The maximum atomic E-state index is 12.1. The molecular weight excluding hydrogens is 368 g/mol. The van der Waals surface area contributed by atoms with E-state index in [0.29, 0.717) is 13.2 Å². The zero-order chi connectivity index (χ0) is 20.1. The van der Waals surface area contributed by atoms with E-state index in [4.69, 9.17) is 9.26 Å². The van der Waals surface area contributed by atoms with Crippen LogP contribution >= 0.6 is 0 Å². The normalized spacial score (nSPS) is 17.5. The van der Waals surface area contributed by atoms with E-state index in [9.17, 15) is 4.79 Å². The number of likely N-dealkylation sites (tertiary alicyclic amines) is 1. The Bertz CT molecular complexity index is 966. The molecule has 2 aromatic heterocycles. The lowest BCUT2D eigenvalue weighted by molar-refractivity contribution is 0.0900. The highest BCUT2D eigenvalue weighted by atomic mass is 16.5. The first-order chi connectivity index (χ1) is 14.2. The van der Waals surface area contributed by atoms with Gasteiger partial charge in [-0.1, -0.05) is 23.4 Å². The molecule has 7 nitrogen and oxygen atoms in total. The largest absolute Gasteiger partial charge is 0.383 e. The molecular formula is C22H26N4O3. The molecule has 0 spiro atoms. The number of piperidine rings is 1. The number of pyridine rings is 1. The van der Waals surface area contributed by atoms with Gasteiger partial charge in [0.2, 0.25) is 5.76 Å². The second kappa shape index (κ2) is 9.15. The molecule has 1 N–H and O–H groups in total. The van der Waals surface area contributed by atoms with Gasteiger partial charge in [0.1, 0.15) is 0 Å². The lowest BCUT2D eigenvalue weighted by Crippen LogP contribution is -2.34. The number of carbonyl (C=O) groups is 1. The van der Waals surface area contributed by atoms with Crippen molar-refractivity contribution in [3.05, 3.63) is 59.6 Å². The highest BCUT2D eigenvalue weighted by molar-refractivity contribution is 5.91. The SMILES string of the molecule is COCCNC(=O)c1cc([C@@H]2CCCN(Cc3ccnc4ccccc34)C2)no1. The van der Waals surface area contributed by atoms with Gasteiger partial charge in [-0.2, -0.15) is 0 Å². The topological polar surface area (TPSA) is 80.5 Å². The average molecular weight is 394 g/mol. The van der Waals surface area contributed by atoms with Crippen LogP contribution in [0.5, 0.6) is 0 Å². The van der Waals surface area contributed by atoms with Crippen LogP contribution in [0.2, 0.25) is 0 Å². The zero-order valence-corrected chi connectivity index (χ0v) is 16.6. The minimum atomic E-state index is -0.253. The summed E-state index contributed by atoms with van der Waals surface area (Å²) in [6.45, 7) is 3.74. The Morgan fingerprint density at radius 3 is 3.14 bits per heavy atom. The second-order valence-corrected chi connectivity index (χ2v) is 7.43. The van der Waals surface area contributed by atoms with Crippen molar-refractivity contribution in [2.45, 2.75) is 25.3 Å². The molecule has 1 fully saturated rings. The first-order valence-electron chi connectivity index (χ1n) is 10.0. The summed E-state index contributed by atoms with van der Waals surface area (Å²) in [5.74, 6) is 0.270. The van der Waals surface area contributed by atoms with E-state index >= 15 is 0 Å². The Kier molecular flexibility index (Phi) is 6.17. The Hall–Kier alpha value is -2.77. The molecule has 0 saturated carbocycles. The molecule has 3 heterocycles. The molecule has 1 atom stereocenters. The maximum Gasteiger partial charge on any atom is 0.289 e.